The number of rotatable bonds is 4. The van der Waals surface area contributed by atoms with Crippen molar-refractivity contribution >= 4 is 11.8 Å². The smallest absolute Gasteiger partial charge is 0.117 e. The Bertz CT molecular complexity index is 872. The molecule has 4 nitrogen and oxygen atoms in total. The van der Waals surface area contributed by atoms with Crippen LogP contribution in [0.25, 0.3) is 6.08 Å². The predicted octanol–water partition coefficient (Wildman–Crippen LogP) is 5.09. The Balaban J connectivity index is 1.56. The van der Waals surface area contributed by atoms with Crippen molar-refractivity contribution in [2.24, 2.45) is 17.0 Å². The highest BCUT2D eigenvalue weighted by Crippen LogP contribution is 2.47. The van der Waals surface area contributed by atoms with Gasteiger partial charge in [0.2, 0.25) is 0 Å². The fraction of sp³-hybridized carbons (Fsp3) is 0.478. The van der Waals surface area contributed by atoms with Crippen molar-refractivity contribution in [3.63, 3.8) is 0 Å². The number of aromatic nitrogens is 2. The summed E-state index contributed by atoms with van der Waals surface area (Å²) in [6.07, 6.45) is 14.4. The van der Waals surface area contributed by atoms with E-state index in [0.717, 1.165) is 36.2 Å². The Morgan fingerprint density at radius 3 is 2.56 bits per heavy atom. The predicted molar refractivity (Wildman–Crippen MR) is 107 cm³/mol. The second kappa shape index (κ2) is 6.66. The third kappa shape index (κ3) is 2.82. The maximum Gasteiger partial charge on any atom is 0.117 e. The third-order valence-electron chi connectivity index (χ3n) is 6.86. The summed E-state index contributed by atoms with van der Waals surface area (Å²) in [6.45, 7) is 0. The Kier molecular flexibility index (Phi) is 4.14. The Hall–Kier alpha value is -2.36. The molecule has 27 heavy (non-hydrogen) atoms. The van der Waals surface area contributed by atoms with Crippen LogP contribution in [-0.2, 0) is 11.8 Å². The molecule has 0 saturated heterocycles. The lowest BCUT2D eigenvalue weighted by Gasteiger charge is -2.43. The van der Waals surface area contributed by atoms with Gasteiger partial charge >= 0.3 is 0 Å². The first-order valence-electron chi connectivity index (χ1n) is 10.4. The van der Waals surface area contributed by atoms with Crippen LogP contribution in [0, 0.1) is 11.8 Å². The molecular formula is C23H27N3O. The molecule has 2 N–H and O–H groups in total. The summed E-state index contributed by atoms with van der Waals surface area (Å²) in [4.78, 5) is 0. The quantitative estimate of drug-likeness (QED) is 0.453. The van der Waals surface area contributed by atoms with Crippen LogP contribution in [0.5, 0.6) is 0 Å². The van der Waals surface area contributed by atoms with Crippen molar-refractivity contribution in [1.82, 2.24) is 10.2 Å². The summed E-state index contributed by atoms with van der Waals surface area (Å²) >= 11 is 0. The van der Waals surface area contributed by atoms with Gasteiger partial charge in [0.15, 0.2) is 0 Å². The fourth-order valence-corrected chi connectivity index (χ4v) is 5.24. The number of fused-ring (bicyclic) bond motifs is 1. The van der Waals surface area contributed by atoms with Crippen molar-refractivity contribution < 1.29 is 5.21 Å². The number of nitrogens with one attached hydrogen (secondary N) is 1. The highest BCUT2D eigenvalue weighted by atomic mass is 16.4. The van der Waals surface area contributed by atoms with Crippen molar-refractivity contribution in [2.45, 2.75) is 56.8 Å². The Morgan fingerprint density at radius 1 is 1.07 bits per heavy atom. The molecule has 5 rings (SSSR count). The molecule has 1 heterocycles. The SMILES string of the molecule is O/N=C(/c1n[nH]c2c1C=CC(c1ccccc1)(C1CCCCC1)C2)C1CC1. The van der Waals surface area contributed by atoms with E-state index in [0.29, 0.717) is 11.8 Å². The zero-order valence-corrected chi connectivity index (χ0v) is 15.7. The minimum Gasteiger partial charge on any atom is -0.411 e. The van der Waals surface area contributed by atoms with E-state index in [4.69, 9.17) is 0 Å². The molecule has 0 amide bonds. The molecule has 2 fully saturated rings. The van der Waals surface area contributed by atoms with E-state index in [1.807, 2.05) is 0 Å². The average Bonchev–Trinajstić information content (AvgIpc) is 3.49. The summed E-state index contributed by atoms with van der Waals surface area (Å²) in [7, 11) is 0. The average molecular weight is 361 g/mol. The van der Waals surface area contributed by atoms with Gasteiger partial charge < -0.3 is 5.21 Å². The summed E-state index contributed by atoms with van der Waals surface area (Å²) < 4.78 is 0. The topological polar surface area (TPSA) is 61.3 Å². The number of hydrogen-bond acceptors (Lipinski definition) is 3. The molecule has 0 spiro atoms. The first kappa shape index (κ1) is 16.8. The van der Waals surface area contributed by atoms with Gasteiger partial charge in [-0.25, -0.2) is 0 Å². The molecule has 3 aliphatic rings. The van der Waals surface area contributed by atoms with Gasteiger partial charge in [-0.3, -0.25) is 5.10 Å². The van der Waals surface area contributed by atoms with Crippen molar-refractivity contribution in [1.29, 1.82) is 0 Å². The maximum absolute atomic E-state index is 9.50. The monoisotopic (exact) mass is 361 g/mol. The summed E-state index contributed by atoms with van der Waals surface area (Å²) in [6, 6.07) is 11.0. The Labute approximate surface area is 160 Å². The molecule has 0 bridgehead atoms. The van der Waals surface area contributed by atoms with Crippen LogP contribution in [0.2, 0.25) is 0 Å². The first-order valence-corrected chi connectivity index (χ1v) is 10.4. The Morgan fingerprint density at radius 2 is 1.85 bits per heavy atom. The van der Waals surface area contributed by atoms with Gasteiger partial charge in [0, 0.05) is 29.0 Å². The minimum atomic E-state index is 0.0363. The molecule has 140 valence electrons. The van der Waals surface area contributed by atoms with Crippen molar-refractivity contribution in [3.05, 3.63) is 58.9 Å². The lowest BCUT2D eigenvalue weighted by Crippen LogP contribution is -2.38. The highest BCUT2D eigenvalue weighted by Gasteiger charge is 2.42. The van der Waals surface area contributed by atoms with Crippen LogP contribution in [0.1, 0.15) is 67.5 Å². The van der Waals surface area contributed by atoms with Crippen molar-refractivity contribution in [2.75, 3.05) is 0 Å². The van der Waals surface area contributed by atoms with E-state index in [2.05, 4.69) is 57.8 Å². The standard InChI is InChI=1S/C23H27N3O/c27-26-21(16-11-12-16)22-19-13-14-23(15-20(19)24-25-22,17-7-3-1-4-8-17)18-9-5-2-6-10-18/h1,3-4,7-8,13-14,16,18,27H,2,5-6,9-12,15H2,(H,24,25)/b26-21+. The van der Waals surface area contributed by atoms with E-state index < -0.39 is 0 Å². The fourth-order valence-electron chi connectivity index (χ4n) is 5.24. The number of aromatic amines is 1. The normalized spacial score (nSPS) is 26.1. The molecule has 2 saturated carbocycles. The van der Waals surface area contributed by atoms with Crippen LogP contribution in [-0.4, -0.2) is 21.1 Å². The van der Waals surface area contributed by atoms with Gasteiger partial charge in [-0.15, -0.1) is 0 Å². The lowest BCUT2D eigenvalue weighted by molar-refractivity contribution is 0.241. The van der Waals surface area contributed by atoms with E-state index >= 15 is 0 Å². The summed E-state index contributed by atoms with van der Waals surface area (Å²) in [5, 5.41) is 21.0. The largest absolute Gasteiger partial charge is 0.411 e. The number of benzene rings is 1. The van der Waals surface area contributed by atoms with Gasteiger partial charge in [0.1, 0.15) is 11.4 Å². The third-order valence-corrected chi connectivity index (χ3v) is 6.86. The molecule has 1 atom stereocenters. The molecular weight excluding hydrogens is 334 g/mol. The molecule has 4 heteroatoms. The van der Waals surface area contributed by atoms with E-state index in [1.54, 1.807) is 0 Å². The van der Waals surface area contributed by atoms with Crippen LogP contribution in [0.3, 0.4) is 0 Å². The van der Waals surface area contributed by atoms with Gasteiger partial charge in [-0.05, 0) is 37.2 Å². The van der Waals surface area contributed by atoms with Gasteiger partial charge in [-0.1, -0.05) is 66.9 Å². The zero-order chi connectivity index (χ0) is 18.3. The molecule has 0 aliphatic heterocycles. The second-order valence-corrected chi connectivity index (χ2v) is 8.48. The molecule has 2 aromatic rings. The van der Waals surface area contributed by atoms with Gasteiger partial charge in [-0.2, -0.15) is 5.10 Å². The number of oxime groups is 1. The lowest BCUT2D eigenvalue weighted by atomic mass is 9.61. The summed E-state index contributed by atoms with van der Waals surface area (Å²) in [5.41, 5.74) is 5.35. The van der Waals surface area contributed by atoms with Crippen LogP contribution in [0.4, 0.5) is 0 Å². The first-order chi connectivity index (χ1) is 13.3. The summed E-state index contributed by atoms with van der Waals surface area (Å²) in [5.74, 6) is 1.04. The molecule has 1 unspecified atom stereocenters. The van der Waals surface area contributed by atoms with E-state index in [-0.39, 0.29) is 5.41 Å². The van der Waals surface area contributed by atoms with Crippen LogP contribution < -0.4 is 0 Å². The van der Waals surface area contributed by atoms with Crippen LogP contribution in [0.15, 0.2) is 41.6 Å². The van der Waals surface area contributed by atoms with Crippen molar-refractivity contribution in [3.8, 4) is 0 Å². The number of nitrogens with zero attached hydrogens (tertiary/aromatic N) is 2. The molecule has 1 aromatic carbocycles. The molecule has 3 aliphatic carbocycles. The van der Waals surface area contributed by atoms with Gasteiger partial charge in [0.25, 0.3) is 0 Å². The number of H-pyrrole nitrogens is 1. The second-order valence-electron chi connectivity index (χ2n) is 8.48. The van der Waals surface area contributed by atoms with E-state index in [1.165, 1.54) is 43.4 Å². The molecule has 1 aromatic heterocycles. The van der Waals surface area contributed by atoms with Crippen LogP contribution >= 0.6 is 0 Å². The highest BCUT2D eigenvalue weighted by molar-refractivity contribution is 6.04. The van der Waals surface area contributed by atoms with Gasteiger partial charge in [0.05, 0.1) is 0 Å². The molecule has 0 radical (unpaired) electrons. The maximum atomic E-state index is 9.50. The van der Waals surface area contributed by atoms with E-state index in [9.17, 15) is 5.21 Å². The number of hydrogen-bond donors (Lipinski definition) is 2. The number of allylic oxidation sites excluding steroid dienone is 1. The minimum absolute atomic E-state index is 0.0363. The zero-order valence-electron chi connectivity index (χ0n) is 15.7.